The number of carbonyl (C=O) groups excluding carboxylic acids is 1. The fourth-order valence-electron chi connectivity index (χ4n) is 4.17. The van der Waals surface area contributed by atoms with Crippen molar-refractivity contribution in [1.29, 1.82) is 0 Å². The van der Waals surface area contributed by atoms with E-state index in [9.17, 15) is 9.18 Å². The van der Waals surface area contributed by atoms with E-state index >= 15 is 0 Å². The second kappa shape index (κ2) is 11.8. The van der Waals surface area contributed by atoms with E-state index in [0.29, 0.717) is 30.0 Å². The lowest BCUT2D eigenvalue weighted by Gasteiger charge is -2.26. The topological polar surface area (TPSA) is 82.6 Å². The molecule has 2 N–H and O–H groups in total. The molecule has 0 radical (unpaired) electrons. The Kier molecular flexibility index (Phi) is 8.56. The van der Waals surface area contributed by atoms with Gasteiger partial charge in [-0.1, -0.05) is 23.8 Å². The Morgan fingerprint density at radius 1 is 1.25 bits per heavy atom. The molecule has 2 aromatic rings. The van der Waals surface area contributed by atoms with Gasteiger partial charge in [0.2, 0.25) is 5.91 Å². The van der Waals surface area contributed by atoms with Gasteiger partial charge in [0.25, 0.3) is 0 Å². The van der Waals surface area contributed by atoms with E-state index in [-0.39, 0.29) is 23.6 Å². The molecule has 1 aliphatic carbocycles. The number of rotatable bonds is 8. The zero-order chi connectivity index (χ0) is 25.7. The summed E-state index contributed by atoms with van der Waals surface area (Å²) in [6.45, 7) is 2.57. The number of ether oxygens (including phenoxy) is 1. The molecule has 1 aliphatic heterocycles. The van der Waals surface area contributed by atoms with Crippen LogP contribution in [0.15, 0.2) is 53.2 Å². The Morgan fingerprint density at radius 2 is 2.03 bits per heavy atom. The van der Waals surface area contributed by atoms with Gasteiger partial charge in [-0.3, -0.25) is 9.69 Å². The average Bonchev–Trinajstić information content (AvgIpc) is 3.01. The third kappa shape index (κ3) is 6.40. The van der Waals surface area contributed by atoms with Crippen LogP contribution < -0.4 is 15.4 Å². The van der Waals surface area contributed by atoms with Gasteiger partial charge in [0.05, 0.1) is 22.8 Å². The van der Waals surface area contributed by atoms with E-state index in [1.807, 2.05) is 30.2 Å². The van der Waals surface area contributed by atoms with Gasteiger partial charge in [-0.15, -0.1) is 0 Å². The molecule has 0 saturated carbocycles. The van der Waals surface area contributed by atoms with Gasteiger partial charge in [0, 0.05) is 44.1 Å². The molecular weight excluding hydrogens is 483 g/mol. The Hall–Kier alpha value is -3.01. The number of halogens is 2. The van der Waals surface area contributed by atoms with Crippen molar-refractivity contribution in [3.05, 3.63) is 58.8 Å². The number of fused-ring (bicyclic) bond motifs is 1. The first-order valence-electron chi connectivity index (χ1n) is 12.0. The maximum atomic E-state index is 14.8. The van der Waals surface area contributed by atoms with Gasteiger partial charge in [-0.05, 0) is 45.1 Å². The lowest BCUT2D eigenvalue weighted by Crippen LogP contribution is -2.35. The molecule has 0 atom stereocenters. The van der Waals surface area contributed by atoms with Crippen LogP contribution in [0.4, 0.5) is 10.2 Å². The quantitative estimate of drug-likeness (QED) is 0.552. The normalized spacial score (nSPS) is 16.8. The number of aromatic nitrogens is 2. The fraction of sp³-hybridized carbons (Fsp3) is 0.423. The summed E-state index contributed by atoms with van der Waals surface area (Å²) >= 11 is 6.06. The number of carbonyl (C=O) groups is 1. The van der Waals surface area contributed by atoms with Gasteiger partial charge in [-0.2, -0.15) is 0 Å². The summed E-state index contributed by atoms with van der Waals surface area (Å²) in [7, 11) is 5.38. The Balaban J connectivity index is 1.70. The summed E-state index contributed by atoms with van der Waals surface area (Å²) < 4.78 is 21.3. The molecule has 36 heavy (non-hydrogen) atoms. The average molecular weight is 515 g/mol. The van der Waals surface area contributed by atoms with Gasteiger partial charge in [-0.25, -0.2) is 14.4 Å². The minimum Gasteiger partial charge on any atom is -0.490 e. The molecule has 0 spiro atoms. The van der Waals surface area contributed by atoms with E-state index in [1.165, 1.54) is 12.4 Å². The number of benzene rings is 1. The maximum absolute atomic E-state index is 14.8. The van der Waals surface area contributed by atoms with Crippen LogP contribution >= 0.6 is 11.6 Å². The van der Waals surface area contributed by atoms with Crippen LogP contribution in [0.1, 0.15) is 24.8 Å². The summed E-state index contributed by atoms with van der Waals surface area (Å²) in [6, 6.07) is 3.87. The van der Waals surface area contributed by atoms with Crippen molar-refractivity contribution >= 4 is 34.2 Å². The van der Waals surface area contributed by atoms with Crippen molar-refractivity contribution < 1.29 is 13.9 Å². The van der Waals surface area contributed by atoms with Crippen LogP contribution in [0.25, 0.3) is 10.9 Å². The second-order valence-electron chi connectivity index (χ2n) is 9.29. The summed E-state index contributed by atoms with van der Waals surface area (Å²) in [4.78, 5) is 24.6. The highest BCUT2D eigenvalue weighted by molar-refractivity contribution is 6.32. The van der Waals surface area contributed by atoms with Crippen molar-refractivity contribution in [1.82, 2.24) is 25.1 Å². The van der Waals surface area contributed by atoms with E-state index in [1.54, 1.807) is 25.1 Å². The van der Waals surface area contributed by atoms with Gasteiger partial charge >= 0.3 is 0 Å². The molecule has 2 aliphatic rings. The SMILES string of the molecule is CN(CC(=O)N(C)C)Cc1cc2c(NC3=C(F)C(Cl)=CC=CC3)ncnc2cc1OC1CCNCC1. The van der Waals surface area contributed by atoms with E-state index in [4.69, 9.17) is 16.3 Å². The molecule has 1 aromatic carbocycles. The minimum absolute atomic E-state index is 0.0126. The second-order valence-corrected chi connectivity index (χ2v) is 9.70. The summed E-state index contributed by atoms with van der Waals surface area (Å²) in [5.41, 5.74) is 1.91. The number of piperidine rings is 1. The third-order valence-electron chi connectivity index (χ3n) is 6.19. The molecule has 0 unspecified atom stereocenters. The lowest BCUT2D eigenvalue weighted by molar-refractivity contribution is -0.129. The number of allylic oxidation sites excluding steroid dienone is 5. The number of amides is 1. The highest BCUT2D eigenvalue weighted by atomic mass is 35.5. The largest absolute Gasteiger partial charge is 0.490 e. The van der Waals surface area contributed by atoms with Crippen LogP contribution in [0.3, 0.4) is 0 Å². The predicted octanol–water partition coefficient (Wildman–Crippen LogP) is 3.96. The van der Waals surface area contributed by atoms with Gasteiger partial charge < -0.3 is 20.3 Å². The van der Waals surface area contributed by atoms with Crippen LogP contribution in [0.5, 0.6) is 5.75 Å². The standard InChI is InChI=1S/C26H32ClFN6O2/c1-33(2)24(35)15-34(3)14-17-12-19-22(13-23(17)36-18-8-10-29-11-9-18)30-16-31-26(19)32-21-7-5-4-6-20(27)25(21)28/h4-6,12-13,16,18,29H,7-11,14-15H2,1-3H3,(H,30,31,32). The molecule has 1 amide bonds. The Bertz CT molecular complexity index is 1210. The molecule has 2 heterocycles. The molecule has 10 heteroatoms. The first-order valence-corrected chi connectivity index (χ1v) is 12.4. The van der Waals surface area contributed by atoms with Crippen molar-refractivity contribution in [2.45, 2.75) is 31.9 Å². The number of hydrogen-bond acceptors (Lipinski definition) is 7. The van der Waals surface area contributed by atoms with Crippen LogP contribution in [-0.2, 0) is 11.3 Å². The molecule has 4 rings (SSSR count). The van der Waals surface area contributed by atoms with Crippen molar-refractivity contribution in [3.63, 3.8) is 0 Å². The molecular formula is C26H32ClFN6O2. The molecule has 1 aromatic heterocycles. The predicted molar refractivity (Wildman–Crippen MR) is 141 cm³/mol. The smallest absolute Gasteiger partial charge is 0.236 e. The third-order valence-corrected chi connectivity index (χ3v) is 6.48. The van der Waals surface area contributed by atoms with Gasteiger partial charge in [0.1, 0.15) is 24.0 Å². The van der Waals surface area contributed by atoms with E-state index < -0.39 is 5.83 Å². The van der Waals surface area contributed by atoms with Crippen LogP contribution in [0, 0.1) is 0 Å². The van der Waals surface area contributed by atoms with E-state index in [2.05, 4.69) is 20.6 Å². The Labute approximate surface area is 215 Å². The Morgan fingerprint density at radius 3 is 2.78 bits per heavy atom. The van der Waals surface area contributed by atoms with Gasteiger partial charge in [0.15, 0.2) is 5.83 Å². The minimum atomic E-state index is -0.513. The van der Waals surface area contributed by atoms with Crippen molar-refractivity contribution in [2.24, 2.45) is 0 Å². The molecule has 192 valence electrons. The van der Waals surface area contributed by atoms with Crippen molar-refractivity contribution in [3.8, 4) is 5.75 Å². The first-order chi connectivity index (χ1) is 17.3. The van der Waals surface area contributed by atoms with Crippen molar-refractivity contribution in [2.75, 3.05) is 46.1 Å². The number of likely N-dealkylation sites (N-methyl/N-ethyl adjacent to an activating group) is 2. The zero-order valence-corrected chi connectivity index (χ0v) is 21.6. The number of nitrogens with zero attached hydrogens (tertiary/aromatic N) is 4. The number of nitrogens with one attached hydrogen (secondary N) is 2. The molecule has 1 fully saturated rings. The summed E-state index contributed by atoms with van der Waals surface area (Å²) in [6.07, 6.45) is 8.80. The van der Waals surface area contributed by atoms with Crippen LogP contribution in [0.2, 0.25) is 0 Å². The zero-order valence-electron chi connectivity index (χ0n) is 20.9. The number of hydrogen-bond donors (Lipinski definition) is 2. The maximum Gasteiger partial charge on any atom is 0.236 e. The first kappa shape index (κ1) is 26.1. The molecule has 0 bridgehead atoms. The van der Waals surface area contributed by atoms with E-state index in [0.717, 1.165) is 42.6 Å². The lowest BCUT2D eigenvalue weighted by atomic mass is 10.1. The fourth-order valence-corrected chi connectivity index (χ4v) is 4.35. The van der Waals surface area contributed by atoms with Crippen LogP contribution in [-0.4, -0.2) is 72.6 Å². The highest BCUT2D eigenvalue weighted by Gasteiger charge is 2.20. The molecule has 8 nitrogen and oxygen atoms in total. The number of anilines is 1. The monoisotopic (exact) mass is 514 g/mol. The summed E-state index contributed by atoms with van der Waals surface area (Å²) in [5.74, 6) is 0.712. The highest BCUT2D eigenvalue weighted by Crippen LogP contribution is 2.33. The summed E-state index contributed by atoms with van der Waals surface area (Å²) in [5, 5.41) is 7.25. The molecule has 1 saturated heterocycles.